The Bertz CT molecular complexity index is 436. The molecule has 18 heavy (non-hydrogen) atoms. The predicted molar refractivity (Wildman–Crippen MR) is 69.1 cm³/mol. The second kappa shape index (κ2) is 5.39. The van der Waals surface area contributed by atoms with E-state index < -0.39 is 5.97 Å². The van der Waals surface area contributed by atoms with Gasteiger partial charge in [0.05, 0.1) is 5.69 Å². The molecule has 0 radical (unpaired) electrons. The quantitative estimate of drug-likeness (QED) is 0.816. The van der Waals surface area contributed by atoms with E-state index in [9.17, 15) is 4.79 Å². The van der Waals surface area contributed by atoms with E-state index in [1.807, 2.05) is 0 Å². The lowest BCUT2D eigenvalue weighted by atomic mass is 10.2. The minimum Gasteiger partial charge on any atom is -0.477 e. The Kier molecular flexibility index (Phi) is 3.86. The van der Waals surface area contributed by atoms with Gasteiger partial charge in [-0.25, -0.2) is 4.79 Å². The van der Waals surface area contributed by atoms with E-state index in [2.05, 4.69) is 15.3 Å². The average Bonchev–Trinajstić information content (AvgIpc) is 2.87. The molecule has 1 aromatic heterocycles. The molecule has 2 heterocycles. The molecule has 2 N–H and O–H groups in total. The lowest BCUT2D eigenvalue weighted by molar-refractivity contribution is 0.0697. The molecule has 6 nitrogen and oxygen atoms in total. The zero-order valence-electron chi connectivity index (χ0n) is 10.9. The topological polar surface area (TPSA) is 70.4 Å². The number of carboxylic acid groups (broad SMARTS) is 1. The Morgan fingerprint density at radius 2 is 2.11 bits per heavy atom. The summed E-state index contributed by atoms with van der Waals surface area (Å²) in [6.07, 6.45) is 2.54. The summed E-state index contributed by atoms with van der Waals surface area (Å²) in [5, 5.41) is 16.5. The molecule has 0 bridgehead atoms. The van der Waals surface area contributed by atoms with Crippen LogP contribution >= 0.6 is 0 Å². The number of hydrogen-bond donors (Lipinski definition) is 2. The Hall–Kier alpha value is -1.56. The molecule has 1 fully saturated rings. The maximum Gasteiger partial charge on any atom is 0.341 e. The molecule has 0 aliphatic carbocycles. The molecule has 0 atom stereocenters. The first-order valence-electron chi connectivity index (χ1n) is 6.32. The molecule has 1 aliphatic heterocycles. The normalized spacial score (nSPS) is 16.1. The lowest BCUT2D eigenvalue weighted by Crippen LogP contribution is -2.26. The fourth-order valence-corrected chi connectivity index (χ4v) is 2.46. The zero-order chi connectivity index (χ0) is 13.1. The summed E-state index contributed by atoms with van der Waals surface area (Å²) in [6, 6.07) is 0. The van der Waals surface area contributed by atoms with Gasteiger partial charge in [0.15, 0.2) is 0 Å². The van der Waals surface area contributed by atoms with Gasteiger partial charge in [-0.05, 0) is 32.9 Å². The summed E-state index contributed by atoms with van der Waals surface area (Å²) in [4.78, 5) is 13.6. The van der Waals surface area contributed by atoms with Gasteiger partial charge in [-0.15, -0.1) is 0 Å². The summed E-state index contributed by atoms with van der Waals surface area (Å²) in [7, 11) is 1.76. The number of aromatic nitrogens is 2. The number of carboxylic acids is 1. The maximum absolute atomic E-state index is 11.2. The summed E-state index contributed by atoms with van der Waals surface area (Å²) < 4.78 is 1.60. The van der Waals surface area contributed by atoms with Crippen molar-refractivity contribution in [2.24, 2.45) is 7.05 Å². The van der Waals surface area contributed by atoms with Crippen LogP contribution in [0.1, 0.15) is 28.9 Å². The third kappa shape index (κ3) is 2.64. The van der Waals surface area contributed by atoms with Gasteiger partial charge in [0, 0.05) is 20.1 Å². The van der Waals surface area contributed by atoms with E-state index in [4.69, 9.17) is 5.11 Å². The van der Waals surface area contributed by atoms with Crippen molar-refractivity contribution < 1.29 is 9.90 Å². The van der Waals surface area contributed by atoms with Crippen LogP contribution in [0.3, 0.4) is 0 Å². The van der Waals surface area contributed by atoms with E-state index in [1.165, 1.54) is 12.8 Å². The molecule has 0 unspecified atom stereocenters. The number of rotatable bonds is 5. The Labute approximate surface area is 107 Å². The molecular formula is C12H20N4O2. The van der Waals surface area contributed by atoms with Crippen LogP contribution in [0.5, 0.6) is 0 Å². The van der Waals surface area contributed by atoms with Gasteiger partial charge in [0.1, 0.15) is 11.4 Å². The highest BCUT2D eigenvalue weighted by atomic mass is 16.4. The van der Waals surface area contributed by atoms with Crippen molar-refractivity contribution in [1.82, 2.24) is 14.7 Å². The molecule has 0 spiro atoms. The number of likely N-dealkylation sites (tertiary alicyclic amines) is 1. The van der Waals surface area contributed by atoms with E-state index >= 15 is 0 Å². The van der Waals surface area contributed by atoms with Crippen LogP contribution < -0.4 is 5.32 Å². The monoisotopic (exact) mass is 252 g/mol. The van der Waals surface area contributed by atoms with E-state index in [0.717, 1.165) is 26.2 Å². The zero-order valence-corrected chi connectivity index (χ0v) is 10.9. The number of aromatic carboxylic acids is 1. The Morgan fingerprint density at radius 3 is 2.72 bits per heavy atom. The predicted octanol–water partition coefficient (Wildman–Crippen LogP) is 0.934. The highest BCUT2D eigenvalue weighted by Crippen LogP contribution is 2.18. The molecule has 1 saturated heterocycles. The number of carbonyl (C=O) groups is 1. The molecule has 1 aromatic rings. The van der Waals surface area contributed by atoms with Gasteiger partial charge < -0.3 is 15.3 Å². The second-order valence-corrected chi connectivity index (χ2v) is 4.71. The highest BCUT2D eigenvalue weighted by Gasteiger charge is 2.19. The van der Waals surface area contributed by atoms with E-state index in [0.29, 0.717) is 11.5 Å². The van der Waals surface area contributed by atoms with Crippen molar-refractivity contribution in [3.63, 3.8) is 0 Å². The molecule has 0 amide bonds. The smallest absolute Gasteiger partial charge is 0.341 e. The van der Waals surface area contributed by atoms with Gasteiger partial charge in [-0.1, -0.05) is 0 Å². The van der Waals surface area contributed by atoms with Crippen molar-refractivity contribution >= 4 is 11.8 Å². The number of anilines is 1. The van der Waals surface area contributed by atoms with Crippen LogP contribution in [0.2, 0.25) is 0 Å². The first-order chi connectivity index (χ1) is 8.59. The summed E-state index contributed by atoms with van der Waals surface area (Å²) >= 11 is 0. The Morgan fingerprint density at radius 1 is 1.44 bits per heavy atom. The van der Waals surface area contributed by atoms with Gasteiger partial charge >= 0.3 is 5.97 Å². The first-order valence-corrected chi connectivity index (χ1v) is 6.32. The largest absolute Gasteiger partial charge is 0.477 e. The lowest BCUT2D eigenvalue weighted by Gasteiger charge is -2.15. The van der Waals surface area contributed by atoms with Gasteiger partial charge in [0.25, 0.3) is 0 Å². The van der Waals surface area contributed by atoms with Crippen molar-refractivity contribution in [2.45, 2.75) is 19.8 Å². The number of hydrogen-bond acceptors (Lipinski definition) is 4. The van der Waals surface area contributed by atoms with Gasteiger partial charge in [-0.2, -0.15) is 5.10 Å². The summed E-state index contributed by atoms with van der Waals surface area (Å²) in [6.45, 7) is 5.72. The maximum atomic E-state index is 11.2. The second-order valence-electron chi connectivity index (χ2n) is 4.71. The van der Waals surface area contributed by atoms with Gasteiger partial charge in [0.2, 0.25) is 0 Å². The SMILES string of the molecule is Cc1nn(C)c(NCCN2CCCC2)c1C(=O)O. The Balaban J connectivity index is 1.97. The minimum absolute atomic E-state index is 0.277. The average molecular weight is 252 g/mol. The van der Waals surface area contributed by atoms with Crippen molar-refractivity contribution in [2.75, 3.05) is 31.5 Å². The van der Waals surface area contributed by atoms with Crippen LogP contribution in [0.25, 0.3) is 0 Å². The third-order valence-corrected chi connectivity index (χ3v) is 3.36. The van der Waals surface area contributed by atoms with Crippen LogP contribution in [-0.4, -0.2) is 51.9 Å². The van der Waals surface area contributed by atoms with E-state index in [-0.39, 0.29) is 5.56 Å². The molecule has 100 valence electrons. The number of aryl methyl sites for hydroxylation is 2. The molecular weight excluding hydrogens is 232 g/mol. The summed E-state index contributed by atoms with van der Waals surface area (Å²) in [5.74, 6) is -0.330. The van der Waals surface area contributed by atoms with Crippen LogP contribution in [-0.2, 0) is 7.05 Å². The standard InChI is InChI=1S/C12H20N4O2/c1-9-10(12(17)18)11(15(2)14-9)13-5-8-16-6-3-4-7-16/h13H,3-8H2,1-2H3,(H,17,18). The van der Waals surface area contributed by atoms with Crippen LogP contribution in [0, 0.1) is 6.92 Å². The van der Waals surface area contributed by atoms with Gasteiger partial charge in [-0.3, -0.25) is 4.68 Å². The van der Waals surface area contributed by atoms with E-state index in [1.54, 1.807) is 18.7 Å². The summed E-state index contributed by atoms with van der Waals surface area (Å²) in [5.41, 5.74) is 0.826. The van der Waals surface area contributed by atoms with Crippen molar-refractivity contribution in [3.8, 4) is 0 Å². The fraction of sp³-hybridized carbons (Fsp3) is 0.667. The van der Waals surface area contributed by atoms with Crippen LogP contribution in [0.4, 0.5) is 5.82 Å². The molecule has 1 aliphatic rings. The first kappa shape index (κ1) is 12.9. The molecule has 0 saturated carbocycles. The van der Waals surface area contributed by atoms with Crippen LogP contribution in [0.15, 0.2) is 0 Å². The third-order valence-electron chi connectivity index (χ3n) is 3.36. The number of nitrogens with zero attached hydrogens (tertiary/aromatic N) is 3. The molecule has 6 heteroatoms. The highest BCUT2D eigenvalue weighted by molar-refractivity contribution is 5.94. The molecule has 0 aromatic carbocycles. The minimum atomic E-state index is -0.927. The fourth-order valence-electron chi connectivity index (χ4n) is 2.46. The number of nitrogens with one attached hydrogen (secondary N) is 1. The van der Waals surface area contributed by atoms with Crippen molar-refractivity contribution in [3.05, 3.63) is 11.3 Å². The van der Waals surface area contributed by atoms with Crippen molar-refractivity contribution in [1.29, 1.82) is 0 Å². The molecule has 2 rings (SSSR count).